The maximum Gasteiger partial charge on any atom is 0.411 e. The number of hydrogen-bond acceptors (Lipinski definition) is 8. The average Bonchev–Trinajstić information content (AvgIpc) is 3.85. The summed E-state index contributed by atoms with van der Waals surface area (Å²) in [5.41, 5.74) is 9.26. The fourth-order valence-corrected chi connectivity index (χ4v) is 5.82. The molecule has 2 atom stereocenters. The lowest BCUT2D eigenvalue weighted by Crippen LogP contribution is -2.35. The van der Waals surface area contributed by atoms with Gasteiger partial charge in [0.15, 0.2) is 18.2 Å². The molecule has 1 aliphatic carbocycles. The number of carboxylic acids is 1. The molecule has 1 saturated carbocycles. The van der Waals surface area contributed by atoms with Gasteiger partial charge in [-0.25, -0.2) is 20.7 Å². The van der Waals surface area contributed by atoms with Gasteiger partial charge in [0.1, 0.15) is 11.9 Å². The smallest absolute Gasteiger partial charge is 0.411 e. The zero-order chi connectivity index (χ0) is 36.2. The number of aliphatic carboxylic acids is 1. The third kappa shape index (κ3) is 8.20. The van der Waals surface area contributed by atoms with E-state index >= 15 is 4.39 Å². The Bertz CT molecular complexity index is 1990. The summed E-state index contributed by atoms with van der Waals surface area (Å²) in [6.07, 6.45) is 2.27. The van der Waals surface area contributed by atoms with Gasteiger partial charge in [-0.3, -0.25) is 14.9 Å². The first kappa shape index (κ1) is 35.4. The summed E-state index contributed by atoms with van der Waals surface area (Å²) < 4.78 is 27.0. The molecule has 4 bridgehead atoms. The number of nitrogens with two attached hydrogens (primary N) is 1. The second kappa shape index (κ2) is 14.7. The number of carbonyl (C=O) groups excluding carboxylic acids is 2. The Kier molecular flexibility index (Phi) is 10.4. The van der Waals surface area contributed by atoms with E-state index in [1.165, 1.54) is 4.90 Å². The Morgan fingerprint density at radius 1 is 1.22 bits per heavy atom. The van der Waals surface area contributed by atoms with E-state index in [0.29, 0.717) is 29.9 Å². The molecule has 0 radical (unpaired) electrons. The highest BCUT2D eigenvalue weighted by atomic mass is 19.1. The summed E-state index contributed by atoms with van der Waals surface area (Å²) in [6, 6.07) is 15.2. The van der Waals surface area contributed by atoms with Crippen molar-refractivity contribution in [3.8, 4) is 5.75 Å². The maximum atomic E-state index is 15.6. The normalized spacial score (nSPS) is 18.2. The number of rotatable bonds is 5. The van der Waals surface area contributed by atoms with E-state index in [-0.39, 0.29) is 43.0 Å². The number of benzene rings is 3. The standard InChI is InChI=1S/C35H35FN6O4.C2H4O2/c1-20-13-23-5-7-27(20)21(2)18-45-34(44)41-26-15-24(31(29(36)16-26)46-19-35(38-3)10-11-35)17-42(4)33(43)30(23)40-25-6-8-28-22(14-25)9-12-39-32(28)37;1-2(3)4/h5-9,12-16,21,30,40H,10-11,17-19H2,1-2,4H3,(H2,37,39)(H,41,44);1H3,(H,3,4)/t21-,30+;/m0./s1. The Morgan fingerprint density at radius 2 is 1.96 bits per heavy atom. The van der Waals surface area contributed by atoms with Crippen molar-refractivity contribution in [1.29, 1.82) is 0 Å². The van der Waals surface area contributed by atoms with Crippen LogP contribution in [-0.2, 0) is 20.9 Å². The van der Waals surface area contributed by atoms with Crippen LogP contribution < -0.4 is 21.1 Å². The average molecular weight is 683 g/mol. The van der Waals surface area contributed by atoms with Crippen LogP contribution in [0.15, 0.2) is 60.8 Å². The van der Waals surface area contributed by atoms with Crippen LogP contribution in [0.25, 0.3) is 15.6 Å². The number of fused-ring (bicyclic) bond motifs is 10. The number of ether oxygens (including phenoxy) is 2. The van der Waals surface area contributed by atoms with Gasteiger partial charge in [-0.2, -0.15) is 0 Å². The topological polar surface area (TPSA) is 160 Å². The first-order valence-electron chi connectivity index (χ1n) is 16.0. The lowest BCUT2D eigenvalue weighted by molar-refractivity contribution is -0.134. The molecular weight excluding hydrogens is 643 g/mol. The molecule has 5 N–H and O–H groups in total. The zero-order valence-electron chi connectivity index (χ0n) is 28.2. The minimum atomic E-state index is -0.833. The van der Waals surface area contributed by atoms with Crippen LogP contribution in [0.1, 0.15) is 60.9 Å². The minimum Gasteiger partial charge on any atom is -0.482 e. The molecule has 0 saturated heterocycles. The Balaban J connectivity index is 0.00000115. The number of amides is 2. The van der Waals surface area contributed by atoms with Gasteiger partial charge in [0, 0.05) is 73.9 Å². The maximum absolute atomic E-state index is 15.6. The molecule has 2 amide bonds. The summed E-state index contributed by atoms with van der Waals surface area (Å²) in [5, 5.41) is 15.1. The molecule has 1 fully saturated rings. The first-order chi connectivity index (χ1) is 23.8. The zero-order valence-corrected chi connectivity index (χ0v) is 28.2. The van der Waals surface area contributed by atoms with Crippen molar-refractivity contribution in [1.82, 2.24) is 9.88 Å². The number of hydrogen-bond donors (Lipinski definition) is 4. The fraction of sp³-hybridized carbons (Fsp3) is 0.324. The molecule has 260 valence electrons. The number of carbonyl (C=O) groups is 3. The van der Waals surface area contributed by atoms with Gasteiger partial charge in [0.05, 0.1) is 6.61 Å². The van der Waals surface area contributed by atoms with Crippen LogP contribution in [0.3, 0.4) is 0 Å². The Morgan fingerprint density at radius 3 is 2.64 bits per heavy atom. The van der Waals surface area contributed by atoms with Crippen molar-refractivity contribution in [3.63, 3.8) is 0 Å². The van der Waals surface area contributed by atoms with Gasteiger partial charge in [0.2, 0.25) is 5.91 Å². The number of aryl methyl sites for hydroxylation is 1. The molecule has 0 unspecified atom stereocenters. The van der Waals surface area contributed by atoms with Crippen molar-refractivity contribution >= 4 is 45.9 Å². The van der Waals surface area contributed by atoms with Crippen molar-refractivity contribution in [2.75, 3.05) is 36.6 Å². The lowest BCUT2D eigenvalue weighted by Gasteiger charge is -2.28. The second-order valence-electron chi connectivity index (χ2n) is 12.7. The summed E-state index contributed by atoms with van der Waals surface area (Å²) in [5.74, 6) is -1.60. The highest BCUT2D eigenvalue weighted by Crippen LogP contribution is 2.41. The number of likely N-dealkylation sites (N-methyl/N-ethyl adjacent to an activating group) is 1. The molecule has 1 aromatic heterocycles. The quantitative estimate of drug-likeness (QED) is 0.169. The van der Waals surface area contributed by atoms with E-state index in [4.69, 9.17) is 31.7 Å². The summed E-state index contributed by atoms with van der Waals surface area (Å²) in [7, 11) is 1.63. The van der Waals surface area contributed by atoms with Gasteiger partial charge < -0.3 is 35.4 Å². The van der Waals surface area contributed by atoms with Crippen molar-refractivity contribution in [2.45, 2.75) is 57.7 Å². The van der Waals surface area contributed by atoms with Crippen molar-refractivity contribution < 1.29 is 33.4 Å². The summed E-state index contributed by atoms with van der Waals surface area (Å²) in [6.45, 7) is 12.6. The van der Waals surface area contributed by atoms with Crippen molar-refractivity contribution in [3.05, 3.63) is 100 Å². The molecular formula is C37H39FN6O6. The highest BCUT2D eigenvalue weighted by Gasteiger charge is 2.52. The molecule has 3 heterocycles. The number of pyridine rings is 1. The fourth-order valence-electron chi connectivity index (χ4n) is 5.82. The summed E-state index contributed by atoms with van der Waals surface area (Å²) in [4.78, 5) is 45.3. The predicted molar refractivity (Wildman–Crippen MR) is 187 cm³/mol. The summed E-state index contributed by atoms with van der Waals surface area (Å²) >= 11 is 0. The van der Waals surface area contributed by atoms with Crippen molar-refractivity contribution in [2.24, 2.45) is 0 Å². The number of aromatic nitrogens is 1. The lowest BCUT2D eigenvalue weighted by atomic mass is 9.93. The number of carboxylic acid groups (broad SMARTS) is 1. The van der Waals surface area contributed by atoms with Crippen LogP contribution in [-0.4, -0.2) is 58.8 Å². The van der Waals surface area contributed by atoms with Crippen LogP contribution >= 0.6 is 0 Å². The van der Waals surface area contributed by atoms with E-state index in [9.17, 15) is 9.59 Å². The van der Waals surface area contributed by atoms with Gasteiger partial charge in [-0.1, -0.05) is 25.1 Å². The van der Waals surface area contributed by atoms with E-state index < -0.39 is 29.5 Å². The Hall–Kier alpha value is -5.90. The van der Waals surface area contributed by atoms with Gasteiger partial charge in [0.25, 0.3) is 11.5 Å². The van der Waals surface area contributed by atoms with Crippen LogP contribution in [0.2, 0.25) is 0 Å². The number of anilines is 3. The molecule has 13 heteroatoms. The Labute approximate surface area is 289 Å². The molecule has 3 aliphatic rings. The molecule has 3 aromatic carbocycles. The predicted octanol–water partition coefficient (Wildman–Crippen LogP) is 6.66. The van der Waals surface area contributed by atoms with Gasteiger partial charge in [-0.15, -0.1) is 0 Å². The van der Waals surface area contributed by atoms with Gasteiger partial charge in [-0.05, 0) is 59.3 Å². The number of halogens is 1. The van der Waals surface area contributed by atoms with E-state index in [1.54, 1.807) is 19.3 Å². The highest BCUT2D eigenvalue weighted by molar-refractivity contribution is 5.94. The number of nitrogens with zero attached hydrogens (tertiary/aromatic N) is 3. The molecule has 4 aromatic rings. The minimum absolute atomic E-state index is 0.0303. The number of nitrogens with one attached hydrogen (secondary N) is 2. The van der Waals surface area contributed by atoms with E-state index in [2.05, 4.69) is 20.5 Å². The van der Waals surface area contributed by atoms with Crippen LogP contribution in [0.4, 0.5) is 26.4 Å². The van der Waals surface area contributed by atoms with Crippen LogP contribution in [0, 0.1) is 19.3 Å². The number of nitrogen functional groups attached to an aromatic ring is 1. The van der Waals surface area contributed by atoms with Crippen LogP contribution in [0.5, 0.6) is 5.75 Å². The molecule has 7 rings (SSSR count). The molecule has 0 spiro atoms. The molecule has 2 aliphatic heterocycles. The van der Waals surface area contributed by atoms with E-state index in [1.807, 2.05) is 56.3 Å². The third-order valence-corrected chi connectivity index (χ3v) is 8.68. The monoisotopic (exact) mass is 682 g/mol. The SMILES string of the molecule is CC(=O)O.[C-]#[N+]C1(COc2c(F)cc3cc2CN(C)C(=O)[C@H](Nc2ccc4c(N)nccc4c2)c2ccc(c(C)c2)[C@@H](C)COC(=O)N3)CC1. The molecule has 12 nitrogen and oxygen atoms in total. The largest absolute Gasteiger partial charge is 0.482 e. The van der Waals surface area contributed by atoms with Gasteiger partial charge >= 0.3 is 6.09 Å². The van der Waals surface area contributed by atoms with E-state index in [0.717, 1.165) is 40.5 Å². The first-order valence-corrected chi connectivity index (χ1v) is 16.0. The third-order valence-electron chi connectivity index (χ3n) is 8.68. The molecule has 50 heavy (non-hydrogen) atoms. The second-order valence-corrected chi connectivity index (χ2v) is 12.7.